The van der Waals surface area contributed by atoms with Gasteiger partial charge < -0.3 is 23.9 Å². The molecule has 9 nitrogen and oxygen atoms in total. The number of nitrogens with one attached hydrogen (secondary N) is 1. The Morgan fingerprint density at radius 3 is 2.39 bits per heavy atom. The van der Waals surface area contributed by atoms with Crippen LogP contribution in [-0.4, -0.2) is 37.7 Å². The summed E-state index contributed by atoms with van der Waals surface area (Å²) >= 11 is 6.27. The molecule has 3 heterocycles. The van der Waals surface area contributed by atoms with Crippen molar-refractivity contribution in [2.75, 3.05) is 20.0 Å². The van der Waals surface area contributed by atoms with Crippen molar-refractivity contribution in [3.8, 4) is 23.0 Å². The van der Waals surface area contributed by atoms with E-state index in [4.69, 9.17) is 30.5 Å². The SMILES string of the molecule is Cc1ccc(S(=O)(=O)N(Cc2ccc3c(c2)OCO3)Cc2cc3cc4c(cc3[nH]c2=O)OCCO4)cc1Cl. The lowest BCUT2D eigenvalue weighted by atomic mass is 10.1. The average Bonchev–Trinajstić information content (AvgIpc) is 3.37. The van der Waals surface area contributed by atoms with E-state index in [0.717, 1.165) is 5.56 Å². The van der Waals surface area contributed by atoms with E-state index < -0.39 is 15.6 Å². The van der Waals surface area contributed by atoms with E-state index in [9.17, 15) is 13.2 Å². The maximum Gasteiger partial charge on any atom is 0.252 e. The highest BCUT2D eigenvalue weighted by molar-refractivity contribution is 7.89. The first kappa shape index (κ1) is 24.6. The molecule has 0 saturated heterocycles. The number of aromatic amines is 1. The maximum atomic E-state index is 13.9. The Morgan fingerprint density at radius 2 is 1.61 bits per heavy atom. The quantitative estimate of drug-likeness (QED) is 0.377. The van der Waals surface area contributed by atoms with Gasteiger partial charge in [-0.05, 0) is 54.4 Å². The number of benzene rings is 3. The summed E-state index contributed by atoms with van der Waals surface area (Å²) in [5.41, 5.74) is 1.87. The number of hydrogen-bond donors (Lipinski definition) is 1. The molecule has 0 aliphatic carbocycles. The van der Waals surface area contributed by atoms with Crippen molar-refractivity contribution in [3.05, 3.63) is 86.7 Å². The van der Waals surface area contributed by atoms with Crippen molar-refractivity contribution < 1.29 is 27.4 Å². The fraction of sp³-hybridized carbons (Fsp3) is 0.222. The lowest BCUT2D eigenvalue weighted by molar-refractivity contribution is 0.172. The highest BCUT2D eigenvalue weighted by Crippen LogP contribution is 2.35. The molecule has 0 bridgehead atoms. The molecule has 4 aromatic rings. The summed E-state index contributed by atoms with van der Waals surface area (Å²) in [6, 6.07) is 15.0. The highest BCUT2D eigenvalue weighted by Gasteiger charge is 2.28. The molecular formula is C27H23ClN2O7S. The number of nitrogens with zero attached hydrogens (tertiary/aromatic N) is 1. The largest absolute Gasteiger partial charge is 0.486 e. The van der Waals surface area contributed by atoms with Gasteiger partial charge in [-0.25, -0.2) is 8.42 Å². The molecule has 0 spiro atoms. The molecule has 1 N–H and O–H groups in total. The molecule has 0 radical (unpaired) electrons. The summed E-state index contributed by atoms with van der Waals surface area (Å²) in [6.45, 7) is 2.57. The predicted molar refractivity (Wildman–Crippen MR) is 141 cm³/mol. The van der Waals surface area contributed by atoms with Gasteiger partial charge in [0.05, 0.1) is 10.4 Å². The van der Waals surface area contributed by atoms with Gasteiger partial charge in [-0.3, -0.25) is 4.79 Å². The van der Waals surface area contributed by atoms with Gasteiger partial charge in [0.1, 0.15) is 13.2 Å². The fourth-order valence-corrected chi connectivity index (χ4v) is 6.13. The van der Waals surface area contributed by atoms with Crippen LogP contribution in [0, 0.1) is 6.92 Å². The van der Waals surface area contributed by atoms with Crippen LogP contribution >= 0.6 is 11.6 Å². The first-order valence-corrected chi connectivity index (χ1v) is 13.7. The number of H-pyrrole nitrogens is 1. The van der Waals surface area contributed by atoms with Crippen molar-refractivity contribution in [3.63, 3.8) is 0 Å². The third-order valence-corrected chi connectivity index (χ3v) is 8.70. The number of fused-ring (bicyclic) bond motifs is 3. The number of sulfonamides is 1. The lowest BCUT2D eigenvalue weighted by Gasteiger charge is -2.23. The molecule has 0 saturated carbocycles. The summed E-state index contributed by atoms with van der Waals surface area (Å²) < 4.78 is 51.1. The molecule has 6 rings (SSSR count). The summed E-state index contributed by atoms with van der Waals surface area (Å²) in [7, 11) is -4.06. The average molecular weight is 555 g/mol. The minimum Gasteiger partial charge on any atom is -0.486 e. The molecule has 0 unspecified atom stereocenters. The highest BCUT2D eigenvalue weighted by atomic mass is 35.5. The minimum absolute atomic E-state index is 0.0108. The molecule has 2 aliphatic rings. The Bertz CT molecular complexity index is 1740. The van der Waals surface area contributed by atoms with Crippen LogP contribution < -0.4 is 24.5 Å². The number of aryl methyl sites for hydroxylation is 1. The van der Waals surface area contributed by atoms with E-state index in [1.807, 2.05) is 0 Å². The maximum absolute atomic E-state index is 13.9. The van der Waals surface area contributed by atoms with Crippen LogP contribution in [0.2, 0.25) is 5.02 Å². The van der Waals surface area contributed by atoms with Gasteiger partial charge in [0.25, 0.3) is 5.56 Å². The Balaban J connectivity index is 1.41. The second kappa shape index (κ2) is 9.54. The molecule has 0 atom stereocenters. The summed E-state index contributed by atoms with van der Waals surface area (Å²) in [6.07, 6.45) is 0. The second-order valence-corrected chi connectivity index (χ2v) is 11.4. The first-order valence-electron chi connectivity index (χ1n) is 11.9. The van der Waals surface area contributed by atoms with Crippen molar-refractivity contribution in [1.82, 2.24) is 9.29 Å². The van der Waals surface area contributed by atoms with E-state index in [0.29, 0.717) is 57.7 Å². The lowest BCUT2D eigenvalue weighted by Crippen LogP contribution is -2.32. The number of aromatic nitrogens is 1. The number of hydrogen-bond acceptors (Lipinski definition) is 7. The van der Waals surface area contributed by atoms with E-state index in [-0.39, 0.29) is 30.3 Å². The number of rotatable bonds is 6. The van der Waals surface area contributed by atoms with Crippen molar-refractivity contribution in [2.45, 2.75) is 24.9 Å². The monoisotopic (exact) mass is 554 g/mol. The van der Waals surface area contributed by atoms with Crippen molar-refractivity contribution >= 4 is 32.5 Å². The fourth-order valence-electron chi connectivity index (χ4n) is 4.45. The number of pyridine rings is 1. The van der Waals surface area contributed by atoms with Crippen LogP contribution in [0.15, 0.2) is 64.3 Å². The summed E-state index contributed by atoms with van der Waals surface area (Å²) in [5, 5.41) is 1.03. The number of ether oxygens (including phenoxy) is 4. The van der Waals surface area contributed by atoms with Gasteiger partial charge in [-0.1, -0.05) is 23.7 Å². The Hall–Kier alpha value is -3.73. The number of halogens is 1. The van der Waals surface area contributed by atoms with Gasteiger partial charge in [-0.15, -0.1) is 0 Å². The van der Waals surface area contributed by atoms with E-state index in [1.165, 1.54) is 16.4 Å². The van der Waals surface area contributed by atoms with E-state index in [1.54, 1.807) is 49.4 Å². The minimum atomic E-state index is -4.06. The molecule has 11 heteroatoms. The zero-order valence-electron chi connectivity index (χ0n) is 20.3. The van der Waals surface area contributed by atoms with Gasteiger partial charge in [0.15, 0.2) is 23.0 Å². The Morgan fingerprint density at radius 1 is 0.868 bits per heavy atom. The summed E-state index contributed by atoms with van der Waals surface area (Å²) in [5.74, 6) is 2.25. The van der Waals surface area contributed by atoms with Crippen molar-refractivity contribution in [1.29, 1.82) is 0 Å². The zero-order chi connectivity index (χ0) is 26.4. The third-order valence-electron chi connectivity index (χ3n) is 6.51. The van der Waals surface area contributed by atoms with E-state index >= 15 is 0 Å². The van der Waals surface area contributed by atoms with E-state index in [2.05, 4.69) is 4.98 Å². The molecule has 2 aliphatic heterocycles. The summed E-state index contributed by atoms with van der Waals surface area (Å²) in [4.78, 5) is 16.0. The second-order valence-electron chi connectivity index (χ2n) is 9.08. The van der Waals surface area contributed by atoms with Crippen LogP contribution in [0.25, 0.3) is 10.9 Å². The first-order chi connectivity index (χ1) is 18.3. The molecule has 0 amide bonds. The zero-order valence-corrected chi connectivity index (χ0v) is 21.9. The van der Waals surface area contributed by atoms with Crippen molar-refractivity contribution in [2.24, 2.45) is 0 Å². The molecular weight excluding hydrogens is 532 g/mol. The molecule has 0 fully saturated rings. The van der Waals surface area contributed by atoms with Crippen LogP contribution in [0.4, 0.5) is 0 Å². The predicted octanol–water partition coefficient (Wildman–Crippen LogP) is 4.38. The van der Waals surface area contributed by atoms with Gasteiger partial charge in [0, 0.05) is 35.1 Å². The standard InChI is InChI=1S/C27H23ClN2O7S/c1-16-2-4-20(11-21(16)28)38(32,33)30(13-17-3-5-23-24(8-17)37-15-36-23)14-19-9-18-10-25-26(35-7-6-34-25)12-22(18)29-27(19)31/h2-5,8-12H,6-7,13-15H2,1H3,(H,29,31). The Labute approximate surface area is 223 Å². The molecule has 1 aromatic heterocycles. The normalized spacial score (nSPS) is 14.3. The van der Waals surface area contributed by atoms with Crippen LogP contribution in [0.1, 0.15) is 16.7 Å². The van der Waals surface area contributed by atoms with Crippen LogP contribution in [0.5, 0.6) is 23.0 Å². The smallest absolute Gasteiger partial charge is 0.252 e. The molecule has 38 heavy (non-hydrogen) atoms. The molecule has 3 aromatic carbocycles. The van der Waals surface area contributed by atoms with Gasteiger partial charge in [0.2, 0.25) is 16.8 Å². The molecule has 196 valence electrons. The third kappa shape index (κ3) is 4.55. The van der Waals surface area contributed by atoms with Crippen LogP contribution in [-0.2, 0) is 23.1 Å². The van der Waals surface area contributed by atoms with Gasteiger partial charge >= 0.3 is 0 Å². The Kier molecular flexibility index (Phi) is 6.17. The topological polar surface area (TPSA) is 107 Å². The van der Waals surface area contributed by atoms with Crippen LogP contribution in [0.3, 0.4) is 0 Å². The van der Waals surface area contributed by atoms with Gasteiger partial charge in [-0.2, -0.15) is 4.31 Å².